The van der Waals surface area contributed by atoms with E-state index < -0.39 is 16.1 Å². The summed E-state index contributed by atoms with van der Waals surface area (Å²) in [7, 11) is -3.74. The number of nitrogens with one attached hydrogen (secondary N) is 1. The Labute approximate surface area is 204 Å². The summed E-state index contributed by atoms with van der Waals surface area (Å²) in [6, 6.07) is 23.5. The summed E-state index contributed by atoms with van der Waals surface area (Å²) in [4.78, 5) is 17.1. The molecule has 0 saturated carbocycles. The van der Waals surface area contributed by atoms with Crippen LogP contribution in [0.3, 0.4) is 0 Å². The van der Waals surface area contributed by atoms with Crippen LogP contribution in [0, 0.1) is 0 Å². The molecule has 35 heavy (non-hydrogen) atoms. The van der Waals surface area contributed by atoms with Crippen molar-refractivity contribution in [2.24, 2.45) is 0 Å². The molecule has 7 nitrogen and oxygen atoms in total. The second kappa shape index (κ2) is 8.64. The largest absolute Gasteiger partial charge is 0.459 e. The summed E-state index contributed by atoms with van der Waals surface area (Å²) in [5.41, 5.74) is 2.10. The van der Waals surface area contributed by atoms with Crippen molar-refractivity contribution in [3.63, 3.8) is 0 Å². The monoisotopic (exact) mass is 487 g/mol. The number of piperazine rings is 1. The number of hydrogen-bond donors (Lipinski definition) is 1. The predicted molar refractivity (Wildman–Crippen MR) is 132 cm³/mol. The molecule has 178 valence electrons. The Hall–Kier alpha value is -3.46. The van der Waals surface area contributed by atoms with Gasteiger partial charge in [-0.05, 0) is 46.2 Å². The van der Waals surface area contributed by atoms with Crippen molar-refractivity contribution in [1.82, 2.24) is 14.5 Å². The van der Waals surface area contributed by atoms with E-state index in [9.17, 15) is 13.2 Å². The minimum Gasteiger partial charge on any atom is -0.459 e. The number of amides is 1. The van der Waals surface area contributed by atoms with Crippen LogP contribution in [0.1, 0.15) is 33.8 Å². The van der Waals surface area contributed by atoms with Gasteiger partial charge in [-0.1, -0.05) is 54.6 Å². The summed E-state index contributed by atoms with van der Waals surface area (Å²) in [6.07, 6.45) is 1.50. The molecule has 1 aliphatic carbocycles. The molecule has 3 aromatic carbocycles. The maximum atomic E-state index is 13.4. The average Bonchev–Trinajstić information content (AvgIpc) is 3.53. The molecule has 0 bridgehead atoms. The van der Waals surface area contributed by atoms with Gasteiger partial charge in [-0.2, -0.15) is 0 Å². The summed E-state index contributed by atoms with van der Waals surface area (Å²) < 4.78 is 35.0. The van der Waals surface area contributed by atoms with Crippen LogP contribution in [0.2, 0.25) is 0 Å². The summed E-state index contributed by atoms with van der Waals surface area (Å²) in [5.74, 6) is 0.220. The number of nitrogens with zero attached hydrogens (tertiary/aromatic N) is 2. The molecule has 2 aliphatic rings. The van der Waals surface area contributed by atoms with Crippen LogP contribution < -0.4 is 4.72 Å². The lowest BCUT2D eigenvalue weighted by atomic mass is 10.0. The standard InChI is InChI=1S/C27H25N3O4S/c31-27(23-13-6-18-34-23)30-16-14-29(15-17-30)26-22-12-5-8-19-7-4-11-21(24(19)22)25(26)28-35(32,33)20-9-2-1-3-10-20/h1-13,18,25-26,28H,14-17H2. The van der Waals surface area contributed by atoms with E-state index in [1.807, 2.05) is 18.2 Å². The lowest BCUT2D eigenvalue weighted by Gasteiger charge is -2.40. The zero-order chi connectivity index (χ0) is 24.0. The molecule has 2 heterocycles. The van der Waals surface area contributed by atoms with Gasteiger partial charge in [0.1, 0.15) is 0 Å². The third-order valence-electron chi connectivity index (χ3n) is 7.00. The summed E-state index contributed by atoms with van der Waals surface area (Å²) in [5, 5.41) is 2.20. The van der Waals surface area contributed by atoms with Crippen LogP contribution in [0.4, 0.5) is 0 Å². The van der Waals surface area contributed by atoms with Crippen molar-refractivity contribution in [1.29, 1.82) is 0 Å². The normalized spacial score (nSPS) is 20.4. The molecule has 1 amide bonds. The topological polar surface area (TPSA) is 82.9 Å². The number of furan rings is 1. The van der Waals surface area contributed by atoms with Crippen molar-refractivity contribution < 1.29 is 17.6 Å². The van der Waals surface area contributed by atoms with E-state index in [0.717, 1.165) is 21.9 Å². The van der Waals surface area contributed by atoms with E-state index in [1.165, 1.54) is 6.26 Å². The fourth-order valence-corrected chi connectivity index (χ4v) is 6.63. The van der Waals surface area contributed by atoms with E-state index in [1.54, 1.807) is 47.4 Å². The van der Waals surface area contributed by atoms with Crippen LogP contribution in [0.5, 0.6) is 0 Å². The molecular formula is C27H25N3O4S. The molecule has 1 aliphatic heterocycles. The van der Waals surface area contributed by atoms with Gasteiger partial charge in [-0.3, -0.25) is 9.69 Å². The quantitative estimate of drug-likeness (QED) is 0.461. The second-order valence-corrected chi connectivity index (χ2v) is 10.7. The molecular weight excluding hydrogens is 462 g/mol. The number of benzene rings is 3. The van der Waals surface area contributed by atoms with Crippen molar-refractivity contribution in [3.8, 4) is 0 Å². The van der Waals surface area contributed by atoms with Gasteiger partial charge in [-0.25, -0.2) is 13.1 Å². The van der Waals surface area contributed by atoms with E-state index in [2.05, 4.69) is 27.8 Å². The average molecular weight is 488 g/mol. The minimum atomic E-state index is -3.74. The van der Waals surface area contributed by atoms with Gasteiger partial charge in [0.25, 0.3) is 5.91 Å². The van der Waals surface area contributed by atoms with E-state index in [4.69, 9.17) is 4.42 Å². The second-order valence-electron chi connectivity index (χ2n) is 8.95. The number of carbonyl (C=O) groups excluding carboxylic acids is 1. The first-order valence-electron chi connectivity index (χ1n) is 11.7. The Morgan fingerprint density at radius 2 is 1.54 bits per heavy atom. The lowest BCUT2D eigenvalue weighted by Crippen LogP contribution is -2.51. The van der Waals surface area contributed by atoms with Crippen molar-refractivity contribution >= 4 is 26.7 Å². The smallest absolute Gasteiger partial charge is 0.289 e. The summed E-state index contributed by atoms with van der Waals surface area (Å²) >= 11 is 0. The Kier molecular flexibility index (Phi) is 5.44. The molecule has 6 rings (SSSR count). The molecule has 0 radical (unpaired) electrons. The Morgan fingerprint density at radius 1 is 0.829 bits per heavy atom. The Morgan fingerprint density at radius 3 is 2.23 bits per heavy atom. The zero-order valence-corrected chi connectivity index (χ0v) is 19.8. The highest BCUT2D eigenvalue weighted by atomic mass is 32.2. The van der Waals surface area contributed by atoms with Gasteiger partial charge < -0.3 is 9.32 Å². The third-order valence-corrected chi connectivity index (χ3v) is 8.46. The Bertz CT molecular complexity index is 1470. The molecule has 1 aromatic heterocycles. The van der Waals surface area contributed by atoms with Gasteiger partial charge in [-0.15, -0.1) is 0 Å². The molecule has 0 spiro atoms. The van der Waals surface area contributed by atoms with E-state index in [0.29, 0.717) is 31.9 Å². The van der Waals surface area contributed by atoms with E-state index >= 15 is 0 Å². The van der Waals surface area contributed by atoms with Crippen molar-refractivity contribution in [2.45, 2.75) is 17.0 Å². The molecule has 4 aromatic rings. The fraction of sp³-hybridized carbons (Fsp3) is 0.222. The van der Waals surface area contributed by atoms with Crippen molar-refractivity contribution in [2.75, 3.05) is 26.2 Å². The maximum absolute atomic E-state index is 13.4. The first-order chi connectivity index (χ1) is 17.0. The predicted octanol–water partition coefficient (Wildman–Crippen LogP) is 3.97. The molecule has 2 atom stereocenters. The first-order valence-corrected chi connectivity index (χ1v) is 13.2. The van der Waals surface area contributed by atoms with Crippen molar-refractivity contribution in [3.05, 3.63) is 102 Å². The van der Waals surface area contributed by atoms with Gasteiger partial charge in [0.15, 0.2) is 5.76 Å². The highest BCUT2D eigenvalue weighted by Gasteiger charge is 2.41. The zero-order valence-electron chi connectivity index (χ0n) is 19.0. The fourth-order valence-electron chi connectivity index (χ4n) is 5.38. The third kappa shape index (κ3) is 3.83. The first kappa shape index (κ1) is 22.0. The van der Waals surface area contributed by atoms with E-state index in [-0.39, 0.29) is 16.8 Å². The SMILES string of the molecule is O=C(c1ccco1)N1CCN(C2c3cccc4cccc(c34)C2NS(=O)(=O)c2ccccc2)CC1. The highest BCUT2D eigenvalue weighted by Crippen LogP contribution is 2.47. The van der Waals surface area contributed by atoms with Gasteiger partial charge >= 0.3 is 0 Å². The lowest BCUT2D eigenvalue weighted by molar-refractivity contribution is 0.0512. The van der Waals surface area contributed by atoms with Gasteiger partial charge in [0, 0.05) is 26.2 Å². The van der Waals surface area contributed by atoms with Crippen LogP contribution in [-0.2, 0) is 10.0 Å². The number of rotatable bonds is 5. The maximum Gasteiger partial charge on any atom is 0.289 e. The highest BCUT2D eigenvalue weighted by molar-refractivity contribution is 7.89. The molecule has 2 unspecified atom stereocenters. The van der Waals surface area contributed by atoms with Crippen LogP contribution in [0.25, 0.3) is 10.8 Å². The van der Waals surface area contributed by atoms with Crippen LogP contribution in [-0.4, -0.2) is 50.3 Å². The van der Waals surface area contributed by atoms with Crippen LogP contribution in [0.15, 0.2) is 94.4 Å². The Balaban J connectivity index is 1.33. The number of sulfonamides is 1. The number of carbonyl (C=O) groups is 1. The molecule has 1 fully saturated rings. The number of hydrogen-bond acceptors (Lipinski definition) is 5. The molecule has 8 heteroatoms. The van der Waals surface area contributed by atoms with Gasteiger partial charge in [0.05, 0.1) is 23.2 Å². The molecule has 1 saturated heterocycles. The van der Waals surface area contributed by atoms with Crippen LogP contribution >= 0.6 is 0 Å². The minimum absolute atomic E-state index is 0.118. The summed E-state index contributed by atoms with van der Waals surface area (Å²) in [6.45, 7) is 2.34. The molecule has 1 N–H and O–H groups in total. The van der Waals surface area contributed by atoms with Gasteiger partial charge in [0.2, 0.25) is 10.0 Å².